The minimum absolute atomic E-state index is 0.291. The molecule has 0 saturated carbocycles. The lowest BCUT2D eigenvalue weighted by Gasteiger charge is -2.45. The van der Waals surface area contributed by atoms with E-state index in [4.69, 9.17) is 44.7 Å². The molecule has 4 rings (SSSR count). The molecule has 37 heavy (non-hydrogen) atoms. The third-order valence-corrected chi connectivity index (χ3v) is 8.33. The number of ether oxygens (including phenoxy) is 1. The van der Waals surface area contributed by atoms with Gasteiger partial charge in [-0.25, -0.2) is 4.98 Å². The molecule has 1 aliphatic rings. The van der Waals surface area contributed by atoms with Gasteiger partial charge in [-0.05, 0) is 67.9 Å². The summed E-state index contributed by atoms with van der Waals surface area (Å²) in [5, 5.41) is 1.20. The zero-order valence-corrected chi connectivity index (χ0v) is 24.1. The van der Waals surface area contributed by atoms with Crippen LogP contribution < -0.4 is 4.74 Å². The highest BCUT2D eigenvalue weighted by Crippen LogP contribution is 2.61. The van der Waals surface area contributed by atoms with Crippen LogP contribution in [-0.2, 0) is 21.3 Å². The molecule has 3 aromatic rings. The number of hydrogen-bond acceptors (Lipinski definition) is 5. The molecule has 1 amide bonds. The summed E-state index contributed by atoms with van der Waals surface area (Å²) in [4.78, 5) is 24.1. The average molecular weight is 562 g/mol. The number of nitrogens with zero attached hydrogens (tertiary/aromatic N) is 4. The Balaban J connectivity index is 2.00. The second-order valence-corrected chi connectivity index (χ2v) is 11.7. The van der Waals surface area contributed by atoms with Crippen molar-refractivity contribution in [2.75, 3.05) is 6.61 Å². The van der Waals surface area contributed by atoms with Crippen molar-refractivity contribution in [3.8, 4) is 5.88 Å². The predicted molar refractivity (Wildman–Crippen MR) is 148 cm³/mol. The van der Waals surface area contributed by atoms with Crippen molar-refractivity contribution in [2.45, 2.75) is 64.2 Å². The highest BCUT2D eigenvalue weighted by atomic mass is 35.5. The number of amides is 1. The summed E-state index contributed by atoms with van der Waals surface area (Å²) in [6.07, 6.45) is 1.80. The Kier molecular flexibility index (Phi) is 7.52. The van der Waals surface area contributed by atoms with Gasteiger partial charge in [0, 0.05) is 21.7 Å². The number of carbonyl (C=O) groups excluding carboxylic acids is 1. The van der Waals surface area contributed by atoms with E-state index in [1.54, 1.807) is 15.5 Å². The fourth-order valence-corrected chi connectivity index (χ4v) is 5.76. The molecular weight excluding hydrogens is 531 g/mol. The zero-order valence-electron chi connectivity index (χ0n) is 21.8. The van der Waals surface area contributed by atoms with Crippen molar-refractivity contribution >= 4 is 41.4 Å². The lowest BCUT2D eigenvalue weighted by atomic mass is 9.71. The molecule has 1 aromatic heterocycles. The molecule has 1 aliphatic heterocycles. The van der Waals surface area contributed by atoms with Gasteiger partial charge in [0.05, 0.1) is 23.2 Å². The Morgan fingerprint density at radius 1 is 0.973 bits per heavy atom. The number of aromatic nitrogens is 2. The minimum Gasteiger partial charge on any atom is -0.478 e. The zero-order chi connectivity index (χ0) is 27.2. The minimum atomic E-state index is -0.939. The molecule has 0 N–H and O–H groups in total. The second-order valence-electron chi connectivity index (χ2n) is 10.5. The Hall–Kier alpha value is -2.38. The first-order valence-electron chi connectivity index (χ1n) is 12.1. The van der Waals surface area contributed by atoms with Crippen LogP contribution in [0.2, 0.25) is 10.0 Å². The van der Waals surface area contributed by atoms with Crippen LogP contribution in [-0.4, -0.2) is 32.3 Å². The summed E-state index contributed by atoms with van der Waals surface area (Å²) in [6.45, 7) is 12.4. The average Bonchev–Trinajstić information content (AvgIpc) is 3.03. The van der Waals surface area contributed by atoms with E-state index < -0.39 is 17.2 Å². The Labute approximate surface area is 233 Å². The van der Waals surface area contributed by atoms with E-state index in [9.17, 15) is 4.79 Å². The number of rotatable bonds is 6. The van der Waals surface area contributed by atoms with E-state index in [1.807, 2.05) is 90.1 Å². The Bertz CT molecular complexity index is 1280. The monoisotopic (exact) mass is 560 g/mol. The summed E-state index contributed by atoms with van der Waals surface area (Å²) in [5.41, 5.74) is 0.190. The van der Waals surface area contributed by atoms with Crippen LogP contribution in [0, 0.1) is 0 Å². The molecule has 0 bridgehead atoms. The normalized spacial score (nSPS) is 24.4. The third kappa shape index (κ3) is 4.48. The first-order chi connectivity index (χ1) is 17.4. The van der Waals surface area contributed by atoms with Gasteiger partial charge in [0.15, 0.2) is 0 Å². The maximum Gasteiger partial charge on any atom is 0.223 e. The van der Waals surface area contributed by atoms with Gasteiger partial charge in [0.1, 0.15) is 12.0 Å². The van der Waals surface area contributed by atoms with Crippen LogP contribution in [0.5, 0.6) is 5.88 Å². The molecule has 1 unspecified atom stereocenters. The van der Waals surface area contributed by atoms with E-state index >= 15 is 0 Å². The molecule has 3 atom stereocenters. The third-order valence-electron chi connectivity index (χ3n) is 7.31. The number of hydrogen-bond donors (Lipinski definition) is 0. The smallest absolute Gasteiger partial charge is 0.223 e. The van der Waals surface area contributed by atoms with E-state index in [2.05, 4.69) is 4.98 Å². The largest absolute Gasteiger partial charge is 0.478 e. The highest BCUT2D eigenvalue weighted by Gasteiger charge is 2.64. The lowest BCUT2D eigenvalue weighted by Crippen LogP contribution is -2.51. The van der Waals surface area contributed by atoms with E-state index in [0.717, 1.165) is 17.5 Å². The lowest BCUT2D eigenvalue weighted by molar-refractivity contribution is -0.125. The van der Waals surface area contributed by atoms with Gasteiger partial charge in [-0.2, -0.15) is 9.40 Å². The summed E-state index contributed by atoms with van der Waals surface area (Å²) in [6, 6.07) is 15.0. The molecule has 196 valence electrons. The first kappa shape index (κ1) is 27.6. The Morgan fingerprint density at radius 3 is 1.95 bits per heavy atom. The van der Waals surface area contributed by atoms with Crippen molar-refractivity contribution in [1.29, 1.82) is 0 Å². The number of benzene rings is 2. The summed E-state index contributed by atoms with van der Waals surface area (Å²) >= 11 is 19.8. The van der Waals surface area contributed by atoms with E-state index in [-0.39, 0.29) is 5.41 Å². The molecule has 2 heterocycles. The van der Waals surface area contributed by atoms with Gasteiger partial charge >= 0.3 is 0 Å². The molecule has 9 heteroatoms. The maximum absolute atomic E-state index is 13.0. The van der Waals surface area contributed by atoms with Gasteiger partial charge in [-0.15, -0.1) is 0 Å². The Morgan fingerprint density at radius 2 is 1.49 bits per heavy atom. The molecule has 1 fully saturated rings. The fraction of sp³-hybridized carbons (Fsp3) is 0.393. The molecule has 0 radical (unpaired) electrons. The van der Waals surface area contributed by atoms with Crippen LogP contribution in [0.25, 0.3) is 0 Å². The number of carbonyl (C=O) groups is 1. The topological polar surface area (TPSA) is 58.6 Å². The summed E-state index contributed by atoms with van der Waals surface area (Å²) < 4.78 is 7.66. The SMILES string of the molecule is CCOc1nc(C(C)(C)C)ncc1C1N(C=O)[C@](C)(c2ccc(Cl)cc2)[C@](C)(c2ccc(Cl)cc2)N1Cl. The first-order valence-corrected chi connectivity index (χ1v) is 13.2. The van der Waals surface area contributed by atoms with E-state index in [0.29, 0.717) is 33.9 Å². The van der Waals surface area contributed by atoms with Crippen LogP contribution in [0.1, 0.15) is 70.2 Å². The van der Waals surface area contributed by atoms with E-state index in [1.165, 1.54) is 0 Å². The van der Waals surface area contributed by atoms with Gasteiger partial charge in [0.25, 0.3) is 0 Å². The molecule has 6 nitrogen and oxygen atoms in total. The van der Waals surface area contributed by atoms with Crippen molar-refractivity contribution in [1.82, 2.24) is 19.3 Å². The summed E-state index contributed by atoms with van der Waals surface area (Å²) in [7, 11) is 0. The van der Waals surface area contributed by atoms with Crippen LogP contribution in [0.15, 0.2) is 54.7 Å². The maximum atomic E-state index is 13.0. The standard InChI is InChI=1S/C28H31Cl3N4O2/c1-7-37-23-22(16-32-25(33-23)26(2,3)4)24-34(17-36)27(5,18-8-12-20(29)13-9-18)28(6,35(24)31)19-10-14-21(30)15-11-19/h8-17,24H,7H2,1-6H3/t24?,27-,28+/m1/s1. The molecule has 0 aliphatic carbocycles. The van der Waals surface area contributed by atoms with Gasteiger partial charge in [-0.3, -0.25) is 4.79 Å². The van der Waals surface area contributed by atoms with Crippen LogP contribution >= 0.6 is 35.0 Å². The van der Waals surface area contributed by atoms with Gasteiger partial charge in [0.2, 0.25) is 12.3 Å². The number of halogens is 3. The van der Waals surface area contributed by atoms with Crippen molar-refractivity contribution in [3.05, 3.63) is 87.3 Å². The second kappa shape index (κ2) is 10.1. The molecular formula is C28H31Cl3N4O2. The van der Waals surface area contributed by atoms with Gasteiger partial charge < -0.3 is 9.64 Å². The van der Waals surface area contributed by atoms with Crippen LogP contribution in [0.4, 0.5) is 0 Å². The van der Waals surface area contributed by atoms with Crippen LogP contribution in [0.3, 0.4) is 0 Å². The highest BCUT2D eigenvalue weighted by molar-refractivity contribution is 6.30. The van der Waals surface area contributed by atoms with Crippen molar-refractivity contribution in [2.24, 2.45) is 0 Å². The molecule has 1 saturated heterocycles. The quantitative estimate of drug-likeness (QED) is 0.235. The molecule has 0 spiro atoms. The van der Waals surface area contributed by atoms with Gasteiger partial charge in [-0.1, -0.05) is 68.2 Å². The van der Waals surface area contributed by atoms with Crippen molar-refractivity contribution < 1.29 is 9.53 Å². The summed E-state index contributed by atoms with van der Waals surface area (Å²) in [5.74, 6) is 1.03. The predicted octanol–water partition coefficient (Wildman–Crippen LogP) is 7.24. The molecule has 2 aromatic carbocycles. The fourth-order valence-electron chi connectivity index (χ4n) is 5.04. The van der Waals surface area contributed by atoms with Crippen molar-refractivity contribution in [3.63, 3.8) is 0 Å².